The fraction of sp³-hybridized carbons (Fsp3) is 0.739. The number of halogens is 2. The Balaban J connectivity index is 1.11. The maximum atomic E-state index is 14.7. The van der Waals surface area contributed by atoms with E-state index >= 15 is 0 Å². The molecule has 1 aromatic rings. The van der Waals surface area contributed by atoms with Gasteiger partial charge in [0.1, 0.15) is 0 Å². The summed E-state index contributed by atoms with van der Waals surface area (Å²) >= 11 is 1.46. The number of hydrogen-bond acceptors (Lipinski definition) is 4. The molecule has 8 heteroatoms. The van der Waals surface area contributed by atoms with E-state index in [1.165, 1.54) is 11.3 Å². The molecule has 170 valence electrons. The minimum absolute atomic E-state index is 0.0259. The molecule has 2 heterocycles. The Morgan fingerprint density at radius 2 is 1.84 bits per heavy atom. The van der Waals surface area contributed by atoms with Crippen molar-refractivity contribution in [1.82, 2.24) is 15.5 Å². The van der Waals surface area contributed by atoms with Gasteiger partial charge in [0, 0.05) is 60.4 Å². The van der Waals surface area contributed by atoms with E-state index in [1.807, 2.05) is 10.3 Å². The molecule has 5 rings (SSSR count). The first-order chi connectivity index (χ1) is 14.9. The molecule has 3 aliphatic carbocycles. The molecule has 4 aliphatic rings. The van der Waals surface area contributed by atoms with Crippen molar-refractivity contribution in [3.8, 4) is 0 Å². The first kappa shape index (κ1) is 21.3. The van der Waals surface area contributed by atoms with Gasteiger partial charge in [-0.25, -0.2) is 8.78 Å². The molecule has 31 heavy (non-hydrogen) atoms. The van der Waals surface area contributed by atoms with Gasteiger partial charge >= 0.3 is 0 Å². The van der Waals surface area contributed by atoms with Crippen LogP contribution in [0.5, 0.6) is 0 Å². The van der Waals surface area contributed by atoms with Crippen LogP contribution in [0, 0.1) is 17.8 Å². The zero-order chi connectivity index (χ0) is 21.6. The van der Waals surface area contributed by atoms with Crippen molar-refractivity contribution in [1.29, 1.82) is 0 Å². The van der Waals surface area contributed by atoms with Gasteiger partial charge in [0.15, 0.2) is 0 Å². The van der Waals surface area contributed by atoms with Crippen molar-refractivity contribution in [3.63, 3.8) is 0 Å². The number of thiophene rings is 1. The highest BCUT2D eigenvalue weighted by Crippen LogP contribution is 2.51. The average Bonchev–Trinajstić information content (AvgIpc) is 3.67. The standard InChI is InChI=1S/C23H31F2N3O2S/c24-23(25)7-3-17(27-21(29)15-6-10-31-13-15)11-19(23)18-12-20(18)26-16-4-8-28(9-5-16)22(30)14-1-2-14/h6,10,13-14,16-20,26H,1-5,7-9,11-12H2,(H,27,29)/t17?,18-,19?,20-/m1/s1. The lowest BCUT2D eigenvalue weighted by Crippen LogP contribution is -2.48. The van der Waals surface area contributed by atoms with Crippen LogP contribution in [0.2, 0.25) is 0 Å². The normalized spacial score (nSPS) is 33.2. The number of nitrogens with zero attached hydrogens (tertiary/aromatic N) is 1. The van der Waals surface area contributed by atoms with Gasteiger partial charge in [-0.2, -0.15) is 11.3 Å². The summed E-state index contributed by atoms with van der Waals surface area (Å²) in [5.41, 5.74) is 0.608. The summed E-state index contributed by atoms with van der Waals surface area (Å²) in [7, 11) is 0. The molecule has 2 unspecified atom stereocenters. The number of amides is 2. The Labute approximate surface area is 185 Å². The third-order valence-corrected chi connectivity index (χ3v) is 8.25. The Morgan fingerprint density at radius 3 is 2.52 bits per heavy atom. The van der Waals surface area contributed by atoms with Crippen molar-refractivity contribution < 1.29 is 18.4 Å². The molecule has 1 aromatic heterocycles. The molecule has 5 nitrogen and oxygen atoms in total. The molecular formula is C23H31F2N3O2S. The lowest BCUT2D eigenvalue weighted by molar-refractivity contribution is -0.133. The van der Waals surface area contributed by atoms with Crippen LogP contribution in [0.4, 0.5) is 8.78 Å². The molecular weight excluding hydrogens is 420 g/mol. The number of nitrogens with one attached hydrogen (secondary N) is 2. The predicted molar refractivity (Wildman–Crippen MR) is 115 cm³/mol. The molecule has 0 aromatic carbocycles. The van der Waals surface area contributed by atoms with Gasteiger partial charge in [0.25, 0.3) is 11.8 Å². The van der Waals surface area contributed by atoms with E-state index in [9.17, 15) is 18.4 Å². The van der Waals surface area contributed by atoms with Gasteiger partial charge in [-0.05, 0) is 62.3 Å². The van der Waals surface area contributed by atoms with Crippen molar-refractivity contribution in [2.24, 2.45) is 17.8 Å². The molecule has 1 aliphatic heterocycles. The molecule has 0 spiro atoms. The third kappa shape index (κ3) is 4.80. The minimum atomic E-state index is -2.66. The number of rotatable bonds is 6. The van der Waals surface area contributed by atoms with Gasteiger partial charge in [-0.1, -0.05) is 0 Å². The molecule has 1 saturated heterocycles. The number of alkyl halides is 2. The van der Waals surface area contributed by atoms with E-state index in [2.05, 4.69) is 10.6 Å². The van der Waals surface area contributed by atoms with Crippen LogP contribution in [-0.2, 0) is 4.79 Å². The Morgan fingerprint density at radius 1 is 1.06 bits per heavy atom. The lowest BCUT2D eigenvalue weighted by atomic mass is 9.79. The zero-order valence-electron chi connectivity index (χ0n) is 17.7. The maximum absolute atomic E-state index is 14.7. The molecule has 0 bridgehead atoms. The first-order valence-corrected chi connectivity index (χ1v) is 12.6. The Bertz CT molecular complexity index is 806. The molecule has 4 atom stereocenters. The summed E-state index contributed by atoms with van der Waals surface area (Å²) in [5.74, 6) is -2.96. The Kier molecular flexibility index (Phi) is 5.79. The lowest BCUT2D eigenvalue weighted by Gasteiger charge is -2.37. The Hall–Kier alpha value is -1.54. The molecule has 0 radical (unpaired) electrons. The fourth-order valence-corrected chi connectivity index (χ4v) is 6.08. The maximum Gasteiger partial charge on any atom is 0.252 e. The number of carbonyl (C=O) groups excluding carboxylic acids is 2. The van der Waals surface area contributed by atoms with E-state index in [0.29, 0.717) is 30.4 Å². The summed E-state index contributed by atoms with van der Waals surface area (Å²) < 4.78 is 29.5. The highest BCUT2D eigenvalue weighted by Gasteiger charge is 2.56. The summed E-state index contributed by atoms with van der Waals surface area (Å²) in [6, 6.07) is 2.02. The topological polar surface area (TPSA) is 61.4 Å². The molecule has 3 saturated carbocycles. The minimum Gasteiger partial charge on any atom is -0.349 e. The van der Waals surface area contributed by atoms with E-state index in [4.69, 9.17) is 0 Å². The van der Waals surface area contributed by atoms with Gasteiger partial charge < -0.3 is 15.5 Å². The monoisotopic (exact) mass is 451 g/mol. The zero-order valence-corrected chi connectivity index (χ0v) is 18.5. The molecule has 4 fully saturated rings. The number of piperidine rings is 1. The third-order valence-electron chi connectivity index (χ3n) is 7.57. The van der Waals surface area contributed by atoms with Gasteiger partial charge in [0.05, 0.1) is 0 Å². The van der Waals surface area contributed by atoms with Crippen LogP contribution < -0.4 is 10.6 Å². The summed E-state index contributed by atoms with van der Waals surface area (Å²) in [5, 5.41) is 10.2. The van der Waals surface area contributed by atoms with Crippen LogP contribution in [0.25, 0.3) is 0 Å². The highest BCUT2D eigenvalue weighted by atomic mass is 32.1. The van der Waals surface area contributed by atoms with Crippen molar-refractivity contribution >= 4 is 23.2 Å². The summed E-state index contributed by atoms with van der Waals surface area (Å²) in [4.78, 5) is 26.5. The number of carbonyl (C=O) groups is 2. The van der Waals surface area contributed by atoms with Crippen molar-refractivity contribution in [2.75, 3.05) is 13.1 Å². The first-order valence-electron chi connectivity index (χ1n) is 11.7. The van der Waals surface area contributed by atoms with E-state index in [-0.39, 0.29) is 36.2 Å². The second-order valence-corrected chi connectivity index (χ2v) is 10.7. The molecule has 2 amide bonds. The SMILES string of the molecule is O=C(NC1CCC(F)(F)C([C@H]2C[C@H]2NC2CCN(C(=O)C3CC3)CC2)C1)c1ccsc1. The summed E-state index contributed by atoms with van der Waals surface area (Å²) in [6.07, 6.45) is 5.18. The van der Waals surface area contributed by atoms with Crippen LogP contribution in [0.3, 0.4) is 0 Å². The fourth-order valence-electron chi connectivity index (χ4n) is 5.44. The smallest absolute Gasteiger partial charge is 0.252 e. The van der Waals surface area contributed by atoms with Gasteiger partial charge in [0.2, 0.25) is 5.91 Å². The van der Waals surface area contributed by atoms with Crippen LogP contribution in [0.1, 0.15) is 61.7 Å². The second-order valence-electron chi connectivity index (χ2n) is 9.87. The average molecular weight is 452 g/mol. The van der Waals surface area contributed by atoms with E-state index < -0.39 is 11.8 Å². The predicted octanol–water partition coefficient (Wildman–Crippen LogP) is 3.66. The number of hydrogen-bond donors (Lipinski definition) is 2. The highest BCUT2D eigenvalue weighted by molar-refractivity contribution is 7.08. The number of likely N-dealkylation sites (tertiary alicyclic amines) is 1. The summed E-state index contributed by atoms with van der Waals surface area (Å²) in [6.45, 7) is 1.56. The largest absolute Gasteiger partial charge is 0.349 e. The van der Waals surface area contributed by atoms with E-state index in [0.717, 1.165) is 45.2 Å². The quantitative estimate of drug-likeness (QED) is 0.694. The van der Waals surface area contributed by atoms with Crippen molar-refractivity contribution in [3.05, 3.63) is 22.4 Å². The van der Waals surface area contributed by atoms with Crippen LogP contribution in [0.15, 0.2) is 16.8 Å². The van der Waals surface area contributed by atoms with Gasteiger partial charge in [-0.15, -0.1) is 0 Å². The van der Waals surface area contributed by atoms with E-state index in [1.54, 1.807) is 11.4 Å². The molecule has 2 N–H and O–H groups in total. The van der Waals surface area contributed by atoms with Crippen molar-refractivity contribution in [2.45, 2.75) is 75.4 Å². The second kappa shape index (κ2) is 8.43. The van der Waals surface area contributed by atoms with Crippen LogP contribution in [-0.4, -0.2) is 53.9 Å². The van der Waals surface area contributed by atoms with Crippen LogP contribution >= 0.6 is 11.3 Å². The van der Waals surface area contributed by atoms with Gasteiger partial charge in [-0.3, -0.25) is 9.59 Å².